The van der Waals surface area contributed by atoms with Crippen LogP contribution in [0.3, 0.4) is 0 Å². The Labute approximate surface area is 224 Å². The molecule has 1 aliphatic heterocycles. The maximum Gasteiger partial charge on any atom is 0.256 e. The molecule has 4 heterocycles. The number of hydrogen-bond acceptors (Lipinski definition) is 6. The monoisotopic (exact) mass is 527 g/mol. The van der Waals surface area contributed by atoms with Crippen LogP contribution < -0.4 is 11.1 Å². The van der Waals surface area contributed by atoms with Crippen molar-refractivity contribution in [2.75, 3.05) is 17.6 Å². The SMILES string of the molecule is C=CC(=O)N1CC2C([C@H]1c1nc(-c3ccc(C(=O)Nc4cc(Cl)ccn4)cc3)c3c(N)nccn13)C2(C)C. The van der Waals surface area contributed by atoms with Gasteiger partial charge in [-0.05, 0) is 47.6 Å². The first-order valence-electron chi connectivity index (χ1n) is 12.3. The van der Waals surface area contributed by atoms with Crippen molar-refractivity contribution in [3.05, 3.63) is 84.1 Å². The number of benzene rings is 1. The van der Waals surface area contributed by atoms with E-state index >= 15 is 0 Å². The third-order valence-electron chi connectivity index (χ3n) is 7.93. The summed E-state index contributed by atoms with van der Waals surface area (Å²) >= 11 is 5.99. The summed E-state index contributed by atoms with van der Waals surface area (Å²) in [6.07, 6.45) is 6.36. The highest BCUT2D eigenvalue weighted by molar-refractivity contribution is 6.30. The van der Waals surface area contributed by atoms with E-state index in [0.29, 0.717) is 45.9 Å². The maximum absolute atomic E-state index is 12.8. The molecule has 192 valence electrons. The molecule has 2 amide bonds. The van der Waals surface area contributed by atoms with Crippen molar-refractivity contribution < 1.29 is 9.59 Å². The number of nitrogens with zero attached hydrogens (tertiary/aromatic N) is 5. The number of amides is 2. The first-order valence-corrected chi connectivity index (χ1v) is 12.7. The lowest BCUT2D eigenvalue weighted by molar-refractivity contribution is -0.128. The fourth-order valence-electron chi connectivity index (χ4n) is 5.86. The number of carbonyl (C=O) groups is 2. The van der Waals surface area contributed by atoms with Gasteiger partial charge in [-0.3, -0.25) is 14.0 Å². The molecule has 0 bridgehead atoms. The molecule has 1 aliphatic carbocycles. The van der Waals surface area contributed by atoms with E-state index in [9.17, 15) is 9.59 Å². The number of nitrogens with one attached hydrogen (secondary N) is 1. The number of carbonyl (C=O) groups excluding carboxylic acids is 2. The highest BCUT2D eigenvalue weighted by Crippen LogP contribution is 2.69. The van der Waals surface area contributed by atoms with Gasteiger partial charge < -0.3 is 16.0 Å². The summed E-state index contributed by atoms with van der Waals surface area (Å²) in [6.45, 7) is 8.84. The van der Waals surface area contributed by atoms with Crippen LogP contribution in [0.2, 0.25) is 5.02 Å². The van der Waals surface area contributed by atoms with E-state index in [1.165, 1.54) is 12.3 Å². The smallest absolute Gasteiger partial charge is 0.256 e. The number of halogens is 1. The van der Waals surface area contributed by atoms with Crippen molar-refractivity contribution in [3.8, 4) is 11.3 Å². The van der Waals surface area contributed by atoms with Gasteiger partial charge in [0.05, 0.1) is 6.04 Å². The molecule has 4 aromatic rings. The zero-order valence-corrected chi connectivity index (χ0v) is 21.7. The first-order chi connectivity index (χ1) is 18.2. The first kappa shape index (κ1) is 24.1. The average Bonchev–Trinajstić information content (AvgIpc) is 3.24. The Hall–Kier alpha value is -4.24. The van der Waals surface area contributed by atoms with Crippen LogP contribution in [-0.2, 0) is 4.79 Å². The Bertz CT molecular complexity index is 1610. The van der Waals surface area contributed by atoms with Crippen molar-refractivity contribution in [3.63, 3.8) is 0 Å². The van der Waals surface area contributed by atoms with Crippen molar-refractivity contribution >= 4 is 40.6 Å². The molecule has 3 N–H and O–H groups in total. The zero-order valence-electron chi connectivity index (χ0n) is 20.9. The minimum atomic E-state index is -0.311. The molecular weight excluding hydrogens is 502 g/mol. The fourth-order valence-corrected chi connectivity index (χ4v) is 6.02. The van der Waals surface area contributed by atoms with E-state index in [0.717, 1.165) is 11.4 Å². The normalized spacial score (nSPS) is 21.2. The van der Waals surface area contributed by atoms with E-state index in [1.807, 2.05) is 27.6 Å². The number of hydrogen-bond donors (Lipinski definition) is 2. The van der Waals surface area contributed by atoms with Crippen LogP contribution in [0.5, 0.6) is 0 Å². The predicted molar refractivity (Wildman–Crippen MR) is 145 cm³/mol. The van der Waals surface area contributed by atoms with Crippen LogP contribution >= 0.6 is 11.6 Å². The summed E-state index contributed by atoms with van der Waals surface area (Å²) in [6, 6.07) is 10.1. The third-order valence-corrected chi connectivity index (χ3v) is 8.16. The van der Waals surface area contributed by atoms with Gasteiger partial charge in [-0.2, -0.15) is 0 Å². The van der Waals surface area contributed by atoms with E-state index in [4.69, 9.17) is 22.3 Å². The number of nitrogen functional groups attached to an aromatic ring is 1. The maximum atomic E-state index is 12.8. The van der Waals surface area contributed by atoms with Gasteiger partial charge in [-0.1, -0.05) is 44.2 Å². The van der Waals surface area contributed by atoms with Crippen LogP contribution in [0.25, 0.3) is 16.8 Å². The van der Waals surface area contributed by atoms with Crippen molar-refractivity contribution in [2.45, 2.75) is 19.9 Å². The largest absolute Gasteiger partial charge is 0.382 e. The van der Waals surface area contributed by atoms with Crippen LogP contribution in [0.1, 0.15) is 36.1 Å². The van der Waals surface area contributed by atoms with Gasteiger partial charge in [0.15, 0.2) is 0 Å². The predicted octanol–water partition coefficient (Wildman–Crippen LogP) is 4.62. The number of nitrogens with two attached hydrogens (primary N) is 1. The second-order valence-electron chi connectivity index (χ2n) is 10.3. The number of rotatable bonds is 5. The molecule has 3 atom stereocenters. The van der Waals surface area contributed by atoms with E-state index in [2.05, 4.69) is 35.7 Å². The van der Waals surface area contributed by atoms with Gasteiger partial charge in [0.1, 0.15) is 28.7 Å². The van der Waals surface area contributed by atoms with Gasteiger partial charge >= 0.3 is 0 Å². The quantitative estimate of drug-likeness (QED) is 0.365. The van der Waals surface area contributed by atoms with Gasteiger partial charge in [0.25, 0.3) is 5.91 Å². The molecule has 6 rings (SSSR count). The molecule has 2 aliphatic rings. The Morgan fingerprint density at radius 3 is 2.66 bits per heavy atom. The van der Waals surface area contributed by atoms with Crippen LogP contribution in [-0.4, -0.2) is 42.6 Å². The molecule has 2 unspecified atom stereocenters. The highest BCUT2D eigenvalue weighted by Gasteiger charge is 2.68. The van der Waals surface area contributed by atoms with Gasteiger partial charge in [0, 0.05) is 41.3 Å². The Balaban J connectivity index is 1.38. The van der Waals surface area contributed by atoms with Gasteiger partial charge in [0.2, 0.25) is 5.91 Å². The number of fused-ring (bicyclic) bond motifs is 2. The highest BCUT2D eigenvalue weighted by atomic mass is 35.5. The molecule has 1 saturated heterocycles. The summed E-state index contributed by atoms with van der Waals surface area (Å²) in [5.74, 6) is 1.71. The van der Waals surface area contributed by atoms with Crippen molar-refractivity contribution in [1.29, 1.82) is 0 Å². The number of likely N-dealkylation sites (tertiary alicyclic amines) is 1. The molecule has 1 aromatic carbocycles. The Morgan fingerprint density at radius 1 is 1.18 bits per heavy atom. The number of imidazole rings is 1. The van der Waals surface area contributed by atoms with Gasteiger partial charge in [-0.25, -0.2) is 15.0 Å². The third kappa shape index (κ3) is 3.73. The average molecular weight is 528 g/mol. The van der Waals surface area contributed by atoms with Crippen LogP contribution in [0, 0.1) is 17.3 Å². The minimum Gasteiger partial charge on any atom is -0.382 e. The van der Waals surface area contributed by atoms with Crippen molar-refractivity contribution in [2.24, 2.45) is 17.3 Å². The van der Waals surface area contributed by atoms with Crippen LogP contribution in [0.4, 0.5) is 11.6 Å². The van der Waals surface area contributed by atoms with Crippen molar-refractivity contribution in [1.82, 2.24) is 24.3 Å². The number of anilines is 2. The van der Waals surface area contributed by atoms with Crippen LogP contribution in [0.15, 0.2) is 67.6 Å². The Kier molecular flexibility index (Phi) is 5.50. The molecule has 3 aromatic heterocycles. The lowest BCUT2D eigenvalue weighted by Crippen LogP contribution is -2.35. The molecule has 1 saturated carbocycles. The van der Waals surface area contributed by atoms with E-state index in [-0.39, 0.29) is 29.2 Å². The number of aromatic nitrogens is 4. The molecule has 0 radical (unpaired) electrons. The number of pyridine rings is 1. The Morgan fingerprint density at radius 2 is 1.95 bits per heavy atom. The summed E-state index contributed by atoms with van der Waals surface area (Å²) in [7, 11) is 0. The summed E-state index contributed by atoms with van der Waals surface area (Å²) in [5, 5.41) is 3.23. The molecule has 38 heavy (non-hydrogen) atoms. The molecule has 10 heteroatoms. The summed E-state index contributed by atoms with van der Waals surface area (Å²) in [5.41, 5.74) is 8.99. The molecule has 0 spiro atoms. The molecule has 9 nitrogen and oxygen atoms in total. The standard InChI is InChI=1S/C28H26ClN7O2/c1-4-20(37)36-14-18-21(28(18,2)3)23(36)26-34-22(24-25(30)32-11-12-35(24)26)15-5-7-16(8-6-15)27(38)33-19-13-17(29)9-10-31-19/h4-13,18,21,23H,1,14H2,2-3H3,(H2,30,32)(H,31,33,38)/t18?,21?,23-/m0/s1. The lowest BCUT2D eigenvalue weighted by Gasteiger charge is -2.29. The topological polar surface area (TPSA) is 119 Å². The molecular formula is C28H26ClN7O2. The van der Waals surface area contributed by atoms with E-state index in [1.54, 1.807) is 30.5 Å². The summed E-state index contributed by atoms with van der Waals surface area (Å²) in [4.78, 5) is 40.9. The lowest BCUT2D eigenvalue weighted by atomic mass is 10.0. The van der Waals surface area contributed by atoms with E-state index < -0.39 is 0 Å². The minimum absolute atomic E-state index is 0.108. The second kappa shape index (κ2) is 8.66. The number of piperidine rings is 1. The zero-order chi connectivity index (χ0) is 26.8. The van der Waals surface area contributed by atoms with Gasteiger partial charge in [-0.15, -0.1) is 0 Å². The summed E-state index contributed by atoms with van der Waals surface area (Å²) < 4.78 is 1.94. The fraction of sp³-hybridized carbons (Fsp3) is 0.250. The molecule has 2 fully saturated rings. The second-order valence-corrected chi connectivity index (χ2v) is 10.8.